The minimum atomic E-state index is 0.0117. The molecule has 3 nitrogen and oxygen atoms in total. The van der Waals surface area contributed by atoms with Gasteiger partial charge in [0, 0.05) is 7.05 Å². The largest absolute Gasteiger partial charge is 0.302 e. The van der Waals surface area contributed by atoms with Crippen LogP contribution < -0.4 is 5.56 Å². The lowest BCUT2D eigenvalue weighted by Crippen LogP contribution is -2.16. The average molecular weight is 188 g/mol. The van der Waals surface area contributed by atoms with Gasteiger partial charge in [0.2, 0.25) is 0 Å². The van der Waals surface area contributed by atoms with Crippen molar-refractivity contribution in [2.45, 2.75) is 13.3 Å². The molecule has 0 saturated carbocycles. The molecule has 0 aliphatic rings. The van der Waals surface area contributed by atoms with Crippen LogP contribution >= 0.6 is 0 Å². The second kappa shape index (κ2) is 3.25. The molecule has 2 rings (SSSR count). The number of hydrogen-bond acceptors (Lipinski definition) is 2. The summed E-state index contributed by atoms with van der Waals surface area (Å²) >= 11 is 0. The summed E-state index contributed by atoms with van der Waals surface area (Å²) in [7, 11) is 1.71. The smallest absolute Gasteiger partial charge is 0.260 e. The van der Waals surface area contributed by atoms with Gasteiger partial charge in [-0.2, -0.15) is 0 Å². The summed E-state index contributed by atoms with van der Waals surface area (Å²) in [4.78, 5) is 15.9. The van der Waals surface area contributed by atoms with Crippen molar-refractivity contribution in [3.8, 4) is 0 Å². The van der Waals surface area contributed by atoms with Crippen molar-refractivity contribution in [3.05, 3.63) is 40.4 Å². The molecule has 0 fully saturated rings. The Morgan fingerprint density at radius 2 is 2.21 bits per heavy atom. The Hall–Kier alpha value is -1.64. The fraction of sp³-hybridized carbons (Fsp3) is 0.273. The first-order chi connectivity index (χ1) is 6.72. The minimum Gasteiger partial charge on any atom is -0.302 e. The molecule has 1 aromatic heterocycles. The average Bonchev–Trinajstić information content (AvgIpc) is 2.23. The molecule has 0 amide bonds. The van der Waals surface area contributed by atoms with Gasteiger partial charge < -0.3 is 4.57 Å². The molecular formula is C11H12N2O. The highest BCUT2D eigenvalue weighted by Gasteiger charge is 2.01. The molecule has 1 aromatic carbocycles. The van der Waals surface area contributed by atoms with E-state index < -0.39 is 0 Å². The first-order valence-corrected chi connectivity index (χ1v) is 4.66. The molecule has 0 aliphatic carbocycles. The summed E-state index contributed by atoms with van der Waals surface area (Å²) in [5, 5.41) is 0.687. The fourth-order valence-corrected chi connectivity index (χ4v) is 1.48. The van der Waals surface area contributed by atoms with Crippen LogP contribution in [0.4, 0.5) is 0 Å². The second-order valence-electron chi connectivity index (χ2n) is 3.37. The number of aryl methyl sites for hydroxylation is 2. The number of fused-ring (bicyclic) bond motifs is 1. The highest BCUT2D eigenvalue weighted by Crippen LogP contribution is 2.09. The molecule has 0 atom stereocenters. The van der Waals surface area contributed by atoms with Crippen molar-refractivity contribution in [1.29, 1.82) is 0 Å². The number of benzene rings is 1. The van der Waals surface area contributed by atoms with E-state index >= 15 is 0 Å². The zero-order chi connectivity index (χ0) is 10.1. The van der Waals surface area contributed by atoms with Crippen molar-refractivity contribution in [1.82, 2.24) is 9.55 Å². The van der Waals surface area contributed by atoms with Gasteiger partial charge >= 0.3 is 0 Å². The van der Waals surface area contributed by atoms with Crippen molar-refractivity contribution in [2.24, 2.45) is 7.05 Å². The van der Waals surface area contributed by atoms with Crippen molar-refractivity contribution in [3.63, 3.8) is 0 Å². The molecule has 0 bridgehead atoms. The SMILES string of the molecule is CCc1ccc2c(=O)n(C)cnc2c1. The number of nitrogens with zero attached hydrogens (tertiary/aromatic N) is 2. The molecule has 2 aromatic rings. The maximum absolute atomic E-state index is 11.7. The summed E-state index contributed by atoms with van der Waals surface area (Å²) in [5.74, 6) is 0. The predicted molar refractivity (Wildman–Crippen MR) is 56.4 cm³/mol. The van der Waals surface area contributed by atoms with Crippen molar-refractivity contribution in [2.75, 3.05) is 0 Å². The monoisotopic (exact) mass is 188 g/mol. The van der Waals surface area contributed by atoms with Gasteiger partial charge in [0.25, 0.3) is 5.56 Å². The van der Waals surface area contributed by atoms with E-state index in [0.29, 0.717) is 5.39 Å². The van der Waals surface area contributed by atoms with Gasteiger partial charge in [0.1, 0.15) is 0 Å². The Morgan fingerprint density at radius 3 is 2.93 bits per heavy atom. The van der Waals surface area contributed by atoms with Gasteiger partial charge in [-0.3, -0.25) is 4.79 Å². The Bertz CT molecular complexity index is 528. The molecular weight excluding hydrogens is 176 g/mol. The normalized spacial score (nSPS) is 10.7. The molecule has 0 aliphatic heterocycles. The number of aromatic nitrogens is 2. The maximum Gasteiger partial charge on any atom is 0.260 e. The summed E-state index contributed by atoms with van der Waals surface area (Å²) in [6.45, 7) is 2.09. The van der Waals surface area contributed by atoms with E-state index in [9.17, 15) is 4.79 Å². The third-order valence-electron chi connectivity index (χ3n) is 2.39. The van der Waals surface area contributed by atoms with E-state index in [1.165, 1.54) is 10.1 Å². The van der Waals surface area contributed by atoms with Crippen LogP contribution in [0, 0.1) is 0 Å². The van der Waals surface area contributed by atoms with Crippen LogP contribution in [0.1, 0.15) is 12.5 Å². The van der Waals surface area contributed by atoms with E-state index in [-0.39, 0.29) is 5.56 Å². The van der Waals surface area contributed by atoms with E-state index in [0.717, 1.165) is 11.9 Å². The first kappa shape index (κ1) is 8.94. The lowest BCUT2D eigenvalue weighted by atomic mass is 10.1. The zero-order valence-electron chi connectivity index (χ0n) is 8.32. The highest BCUT2D eigenvalue weighted by molar-refractivity contribution is 5.77. The highest BCUT2D eigenvalue weighted by atomic mass is 16.1. The van der Waals surface area contributed by atoms with E-state index in [1.807, 2.05) is 18.2 Å². The van der Waals surface area contributed by atoms with Crippen LogP contribution in [0.3, 0.4) is 0 Å². The maximum atomic E-state index is 11.7. The van der Waals surface area contributed by atoms with Crippen LogP contribution in [0.5, 0.6) is 0 Å². The van der Waals surface area contributed by atoms with Crippen LogP contribution in [0.25, 0.3) is 10.9 Å². The summed E-state index contributed by atoms with van der Waals surface area (Å²) in [5.41, 5.74) is 2.00. The summed E-state index contributed by atoms with van der Waals surface area (Å²) in [6.07, 6.45) is 2.52. The molecule has 3 heteroatoms. The molecule has 1 heterocycles. The Labute approximate surface area is 82.0 Å². The van der Waals surface area contributed by atoms with Gasteiger partial charge in [0.05, 0.1) is 17.2 Å². The molecule has 0 N–H and O–H groups in total. The molecule has 72 valence electrons. The Morgan fingerprint density at radius 1 is 1.43 bits per heavy atom. The molecule has 0 unspecified atom stereocenters. The van der Waals surface area contributed by atoms with Crippen LogP contribution in [-0.2, 0) is 13.5 Å². The number of hydrogen-bond donors (Lipinski definition) is 0. The fourth-order valence-electron chi connectivity index (χ4n) is 1.48. The second-order valence-corrected chi connectivity index (χ2v) is 3.37. The first-order valence-electron chi connectivity index (χ1n) is 4.66. The Balaban J connectivity index is 2.81. The quantitative estimate of drug-likeness (QED) is 0.679. The van der Waals surface area contributed by atoms with Crippen molar-refractivity contribution >= 4 is 10.9 Å². The Kier molecular flexibility index (Phi) is 2.08. The zero-order valence-corrected chi connectivity index (χ0v) is 8.32. The van der Waals surface area contributed by atoms with Crippen LogP contribution in [0.2, 0.25) is 0 Å². The number of rotatable bonds is 1. The topological polar surface area (TPSA) is 34.9 Å². The van der Waals surface area contributed by atoms with Crippen LogP contribution in [0.15, 0.2) is 29.3 Å². The minimum absolute atomic E-state index is 0.0117. The molecule has 0 saturated heterocycles. The van der Waals surface area contributed by atoms with Gasteiger partial charge in [-0.05, 0) is 24.1 Å². The van der Waals surface area contributed by atoms with Gasteiger partial charge in [-0.25, -0.2) is 4.98 Å². The third kappa shape index (κ3) is 1.31. The lowest BCUT2D eigenvalue weighted by Gasteiger charge is -2.01. The van der Waals surface area contributed by atoms with Crippen LogP contribution in [-0.4, -0.2) is 9.55 Å². The third-order valence-corrected chi connectivity index (χ3v) is 2.39. The van der Waals surface area contributed by atoms with Gasteiger partial charge in [-0.1, -0.05) is 13.0 Å². The summed E-state index contributed by atoms with van der Waals surface area (Å²) in [6, 6.07) is 5.80. The molecule has 14 heavy (non-hydrogen) atoms. The lowest BCUT2D eigenvalue weighted by molar-refractivity contribution is 0.842. The summed E-state index contributed by atoms with van der Waals surface area (Å²) < 4.78 is 1.49. The van der Waals surface area contributed by atoms with E-state index in [4.69, 9.17) is 0 Å². The van der Waals surface area contributed by atoms with E-state index in [2.05, 4.69) is 11.9 Å². The standard InChI is InChI=1S/C11H12N2O/c1-3-8-4-5-9-10(6-8)12-7-13(2)11(9)14/h4-7H,3H2,1-2H3. The van der Waals surface area contributed by atoms with Gasteiger partial charge in [0.15, 0.2) is 0 Å². The predicted octanol–water partition coefficient (Wildman–Crippen LogP) is 1.50. The molecule has 0 spiro atoms. The molecule has 0 radical (unpaired) electrons. The van der Waals surface area contributed by atoms with Gasteiger partial charge in [-0.15, -0.1) is 0 Å². The van der Waals surface area contributed by atoms with Crippen molar-refractivity contribution < 1.29 is 0 Å². The van der Waals surface area contributed by atoms with E-state index in [1.54, 1.807) is 13.4 Å².